The number of carbonyl (C=O) groups excluding carboxylic acids is 1. The zero-order chi connectivity index (χ0) is 24.8. The van der Waals surface area contributed by atoms with Crippen molar-refractivity contribution >= 4 is 27.3 Å². The van der Waals surface area contributed by atoms with Gasteiger partial charge in [0.25, 0.3) is 0 Å². The Morgan fingerprint density at radius 2 is 1.80 bits per heavy atom. The Labute approximate surface area is 202 Å². The number of ether oxygens (including phenoxy) is 2. The summed E-state index contributed by atoms with van der Waals surface area (Å²) in [5.74, 6) is 1.25. The summed E-state index contributed by atoms with van der Waals surface area (Å²) in [5.41, 5.74) is 1.78. The van der Waals surface area contributed by atoms with Crippen LogP contribution in [0.15, 0.2) is 65.6 Å². The summed E-state index contributed by atoms with van der Waals surface area (Å²) in [6.07, 6.45) is 0.336. The third kappa shape index (κ3) is 5.55. The highest BCUT2D eigenvalue weighted by molar-refractivity contribution is 7.89. The van der Waals surface area contributed by atoms with Crippen LogP contribution in [0.5, 0.6) is 11.6 Å². The van der Waals surface area contributed by atoms with E-state index in [2.05, 4.69) is 25.3 Å². The number of anilines is 1. The number of para-hydroxylation sites is 1. The molecule has 4 rings (SSSR count). The van der Waals surface area contributed by atoms with Crippen molar-refractivity contribution in [3.8, 4) is 23.0 Å². The van der Waals surface area contributed by atoms with Crippen LogP contribution in [0.1, 0.15) is 13.3 Å². The van der Waals surface area contributed by atoms with Crippen molar-refractivity contribution in [2.24, 2.45) is 0 Å². The third-order valence-electron chi connectivity index (χ3n) is 5.00. The number of benzene rings is 2. The number of carbonyl (C=O) groups is 1. The molecule has 2 heterocycles. The normalized spacial score (nSPS) is 11.4. The highest BCUT2D eigenvalue weighted by atomic mass is 32.2. The van der Waals surface area contributed by atoms with Gasteiger partial charge in [0.15, 0.2) is 11.5 Å². The molecule has 2 aromatic carbocycles. The van der Waals surface area contributed by atoms with Gasteiger partial charge in [0.2, 0.25) is 21.8 Å². The van der Waals surface area contributed by atoms with E-state index >= 15 is 0 Å². The van der Waals surface area contributed by atoms with E-state index in [0.717, 1.165) is 5.56 Å². The molecule has 0 spiro atoms. The van der Waals surface area contributed by atoms with Gasteiger partial charge < -0.3 is 14.8 Å². The van der Waals surface area contributed by atoms with Crippen LogP contribution in [0.4, 0.5) is 5.69 Å². The van der Waals surface area contributed by atoms with Crippen molar-refractivity contribution in [3.63, 3.8) is 0 Å². The number of rotatable bonds is 10. The lowest BCUT2D eigenvalue weighted by Gasteiger charge is -2.10. The Hall–Kier alpha value is -4.03. The zero-order valence-electron chi connectivity index (χ0n) is 19.1. The maximum Gasteiger partial charge on any atom is 0.240 e. The van der Waals surface area contributed by atoms with Crippen molar-refractivity contribution < 1.29 is 22.7 Å². The molecule has 0 radical (unpaired) electrons. The smallest absolute Gasteiger partial charge is 0.240 e. The average molecular weight is 497 g/mol. The molecule has 0 atom stereocenters. The molecule has 2 N–H and O–H groups in total. The molecule has 0 aliphatic heterocycles. The predicted molar refractivity (Wildman–Crippen MR) is 129 cm³/mol. The lowest BCUT2D eigenvalue weighted by molar-refractivity contribution is -0.115. The maximum atomic E-state index is 12.5. The SMILES string of the molecule is CCC(=O)Nc1ccc(S(=O)(=O)NCCOc2ccc3nnc(-c4ccccc4OC)n3n2)cc1. The second-order valence-corrected chi connectivity index (χ2v) is 9.10. The molecule has 4 aromatic rings. The minimum atomic E-state index is -3.74. The van der Waals surface area contributed by atoms with Crippen LogP contribution >= 0.6 is 0 Å². The molecule has 0 saturated heterocycles. The Bertz CT molecular complexity index is 1440. The Balaban J connectivity index is 1.39. The first-order valence-corrected chi connectivity index (χ1v) is 12.3. The number of aromatic nitrogens is 4. The summed E-state index contributed by atoms with van der Waals surface area (Å²) in [6.45, 7) is 1.81. The minimum Gasteiger partial charge on any atom is -0.496 e. The maximum absolute atomic E-state index is 12.5. The van der Waals surface area contributed by atoms with Gasteiger partial charge >= 0.3 is 0 Å². The largest absolute Gasteiger partial charge is 0.496 e. The lowest BCUT2D eigenvalue weighted by atomic mass is 10.2. The first kappa shape index (κ1) is 24.1. The molecular weight excluding hydrogens is 472 g/mol. The van der Waals surface area contributed by atoms with Crippen molar-refractivity contribution in [1.29, 1.82) is 0 Å². The van der Waals surface area contributed by atoms with E-state index in [1.807, 2.05) is 24.3 Å². The van der Waals surface area contributed by atoms with Gasteiger partial charge in [-0.3, -0.25) is 4.79 Å². The molecule has 2 aromatic heterocycles. The van der Waals surface area contributed by atoms with Gasteiger partial charge in [-0.2, -0.15) is 4.52 Å². The van der Waals surface area contributed by atoms with E-state index in [-0.39, 0.29) is 29.8 Å². The number of fused-ring (bicyclic) bond motifs is 1. The second-order valence-electron chi connectivity index (χ2n) is 7.34. The fourth-order valence-electron chi connectivity index (χ4n) is 3.23. The molecule has 12 heteroatoms. The van der Waals surface area contributed by atoms with Crippen LogP contribution in [-0.4, -0.2) is 54.4 Å². The van der Waals surface area contributed by atoms with Crippen molar-refractivity contribution in [2.75, 3.05) is 25.6 Å². The number of amides is 1. The molecule has 0 aliphatic rings. The molecule has 0 saturated carbocycles. The van der Waals surface area contributed by atoms with Gasteiger partial charge in [0.05, 0.1) is 17.6 Å². The lowest BCUT2D eigenvalue weighted by Crippen LogP contribution is -2.28. The van der Waals surface area contributed by atoms with Crippen molar-refractivity contribution in [2.45, 2.75) is 18.2 Å². The number of hydrogen-bond acceptors (Lipinski definition) is 8. The first-order valence-electron chi connectivity index (χ1n) is 10.8. The highest BCUT2D eigenvalue weighted by Crippen LogP contribution is 2.28. The summed E-state index contributed by atoms with van der Waals surface area (Å²) in [7, 11) is -2.17. The molecule has 0 aliphatic carbocycles. The highest BCUT2D eigenvalue weighted by Gasteiger charge is 2.16. The fraction of sp³-hybridized carbons (Fsp3) is 0.217. The Morgan fingerprint density at radius 1 is 1.03 bits per heavy atom. The standard InChI is InChI=1S/C23H24N6O5S/c1-3-21(30)25-16-8-10-17(11-9-16)35(31,32)24-14-15-34-22-13-12-20-26-27-23(29(20)28-22)18-6-4-5-7-19(18)33-2/h4-13,24H,3,14-15H2,1-2H3,(H,25,30). The summed E-state index contributed by atoms with van der Waals surface area (Å²) in [6, 6.07) is 16.6. The number of methoxy groups -OCH3 is 1. The molecule has 0 unspecified atom stereocenters. The average Bonchev–Trinajstić information content (AvgIpc) is 3.30. The van der Waals surface area contributed by atoms with E-state index in [9.17, 15) is 13.2 Å². The van der Waals surface area contributed by atoms with Gasteiger partial charge in [-0.25, -0.2) is 13.1 Å². The number of nitrogens with zero attached hydrogens (tertiary/aromatic N) is 4. The summed E-state index contributed by atoms with van der Waals surface area (Å²) in [4.78, 5) is 11.5. The van der Waals surface area contributed by atoms with E-state index < -0.39 is 10.0 Å². The van der Waals surface area contributed by atoms with Crippen LogP contribution in [0, 0.1) is 0 Å². The van der Waals surface area contributed by atoms with Crippen LogP contribution in [0.2, 0.25) is 0 Å². The van der Waals surface area contributed by atoms with Crippen LogP contribution in [0.25, 0.3) is 17.0 Å². The van der Waals surface area contributed by atoms with Gasteiger partial charge in [0, 0.05) is 24.7 Å². The molecule has 0 fully saturated rings. The molecule has 11 nitrogen and oxygen atoms in total. The molecule has 182 valence electrons. The number of sulfonamides is 1. The van der Waals surface area contributed by atoms with E-state index in [1.54, 1.807) is 26.2 Å². The molecule has 35 heavy (non-hydrogen) atoms. The van der Waals surface area contributed by atoms with E-state index in [1.165, 1.54) is 28.8 Å². The van der Waals surface area contributed by atoms with Crippen LogP contribution in [-0.2, 0) is 14.8 Å². The minimum absolute atomic E-state index is 0.0257. The zero-order valence-corrected chi connectivity index (χ0v) is 19.9. The second kappa shape index (κ2) is 10.5. The fourth-order valence-corrected chi connectivity index (χ4v) is 4.24. The quantitative estimate of drug-likeness (QED) is 0.320. The van der Waals surface area contributed by atoms with Gasteiger partial charge in [-0.05, 0) is 42.5 Å². The summed E-state index contributed by atoms with van der Waals surface area (Å²) >= 11 is 0. The van der Waals surface area contributed by atoms with Gasteiger partial charge in [0.1, 0.15) is 12.4 Å². The monoisotopic (exact) mass is 496 g/mol. The van der Waals surface area contributed by atoms with E-state index in [4.69, 9.17) is 9.47 Å². The summed E-state index contributed by atoms with van der Waals surface area (Å²) in [5, 5.41) is 15.4. The first-order chi connectivity index (χ1) is 16.9. The van der Waals surface area contributed by atoms with Crippen molar-refractivity contribution in [3.05, 3.63) is 60.7 Å². The predicted octanol–water partition coefficient (Wildman–Crippen LogP) is 2.51. The molecular formula is C23H24N6O5S. The summed E-state index contributed by atoms with van der Waals surface area (Å²) < 4.78 is 40.1. The topological polar surface area (TPSA) is 137 Å². The Kier molecular flexibility index (Phi) is 7.22. The number of hydrogen-bond donors (Lipinski definition) is 2. The van der Waals surface area contributed by atoms with Crippen LogP contribution in [0.3, 0.4) is 0 Å². The van der Waals surface area contributed by atoms with Gasteiger partial charge in [-0.15, -0.1) is 15.3 Å². The van der Waals surface area contributed by atoms with Crippen molar-refractivity contribution in [1.82, 2.24) is 24.5 Å². The van der Waals surface area contributed by atoms with Crippen LogP contribution < -0.4 is 19.5 Å². The van der Waals surface area contributed by atoms with Gasteiger partial charge in [-0.1, -0.05) is 19.1 Å². The van der Waals surface area contributed by atoms with E-state index in [0.29, 0.717) is 29.3 Å². The molecule has 1 amide bonds. The third-order valence-corrected chi connectivity index (χ3v) is 6.48. The number of nitrogens with one attached hydrogen (secondary N) is 2. The Morgan fingerprint density at radius 3 is 2.54 bits per heavy atom. The molecule has 0 bridgehead atoms.